The fourth-order valence-electron chi connectivity index (χ4n) is 1.69. The standard InChI is InChI=1S/C15H15O/c1-16-15-10-6-5-9-14(15)12-11-13-7-3-2-4-8-13/h2-11H,12H2,1H3. The molecule has 1 heteroatoms. The third-order valence-corrected chi connectivity index (χ3v) is 2.55. The van der Waals surface area contributed by atoms with Gasteiger partial charge in [0.2, 0.25) is 0 Å². The van der Waals surface area contributed by atoms with Gasteiger partial charge in [-0.2, -0.15) is 0 Å². The van der Waals surface area contributed by atoms with E-state index in [2.05, 4.69) is 24.6 Å². The van der Waals surface area contributed by atoms with Gasteiger partial charge in [-0.15, -0.1) is 0 Å². The van der Waals surface area contributed by atoms with Crippen LogP contribution in [0.25, 0.3) is 0 Å². The zero-order valence-corrected chi connectivity index (χ0v) is 9.39. The lowest BCUT2D eigenvalue weighted by atomic mass is 10.0. The van der Waals surface area contributed by atoms with Crippen molar-refractivity contribution in [2.45, 2.75) is 6.42 Å². The van der Waals surface area contributed by atoms with Gasteiger partial charge in [-0.3, -0.25) is 0 Å². The molecule has 16 heavy (non-hydrogen) atoms. The van der Waals surface area contributed by atoms with Crippen molar-refractivity contribution in [3.8, 4) is 5.75 Å². The summed E-state index contributed by atoms with van der Waals surface area (Å²) in [6.07, 6.45) is 3.10. The van der Waals surface area contributed by atoms with E-state index in [9.17, 15) is 0 Å². The van der Waals surface area contributed by atoms with Crippen LogP contribution in [0, 0.1) is 6.42 Å². The van der Waals surface area contributed by atoms with E-state index < -0.39 is 0 Å². The number of benzene rings is 2. The lowest BCUT2D eigenvalue weighted by molar-refractivity contribution is 0.410. The molecular weight excluding hydrogens is 196 g/mol. The van der Waals surface area contributed by atoms with Crippen LogP contribution in [0.15, 0.2) is 54.6 Å². The van der Waals surface area contributed by atoms with Gasteiger partial charge in [0.1, 0.15) is 5.75 Å². The molecule has 0 N–H and O–H groups in total. The number of para-hydroxylation sites is 1. The van der Waals surface area contributed by atoms with Gasteiger partial charge in [0.15, 0.2) is 0 Å². The molecule has 0 amide bonds. The first kappa shape index (κ1) is 10.7. The molecule has 0 aliphatic heterocycles. The second-order valence-corrected chi connectivity index (χ2v) is 3.63. The fraction of sp³-hybridized carbons (Fsp3) is 0.133. The summed E-state index contributed by atoms with van der Waals surface area (Å²) in [5, 5.41) is 0. The van der Waals surface area contributed by atoms with Crippen LogP contribution >= 0.6 is 0 Å². The monoisotopic (exact) mass is 211 g/mol. The highest BCUT2D eigenvalue weighted by Crippen LogP contribution is 2.19. The molecule has 2 aromatic rings. The zero-order valence-electron chi connectivity index (χ0n) is 9.39. The van der Waals surface area contributed by atoms with Crippen molar-refractivity contribution in [3.05, 3.63) is 72.1 Å². The SMILES string of the molecule is COc1ccccc1C[CH]c1ccccc1. The lowest BCUT2D eigenvalue weighted by Crippen LogP contribution is -1.93. The number of hydrogen-bond donors (Lipinski definition) is 0. The Morgan fingerprint density at radius 3 is 2.38 bits per heavy atom. The number of hydrogen-bond acceptors (Lipinski definition) is 1. The Morgan fingerprint density at radius 1 is 0.938 bits per heavy atom. The minimum Gasteiger partial charge on any atom is -0.496 e. The van der Waals surface area contributed by atoms with Crippen molar-refractivity contribution in [3.63, 3.8) is 0 Å². The summed E-state index contributed by atoms with van der Waals surface area (Å²) >= 11 is 0. The van der Waals surface area contributed by atoms with E-state index in [1.54, 1.807) is 7.11 Å². The molecule has 0 atom stereocenters. The first-order valence-corrected chi connectivity index (χ1v) is 5.40. The zero-order chi connectivity index (χ0) is 11.2. The van der Waals surface area contributed by atoms with E-state index >= 15 is 0 Å². The third kappa shape index (κ3) is 2.63. The highest BCUT2D eigenvalue weighted by Gasteiger charge is 2.01. The highest BCUT2D eigenvalue weighted by molar-refractivity contribution is 5.36. The van der Waals surface area contributed by atoms with Crippen molar-refractivity contribution >= 4 is 0 Å². The molecule has 0 unspecified atom stereocenters. The Kier molecular flexibility index (Phi) is 3.60. The van der Waals surface area contributed by atoms with Crippen LogP contribution in [0.4, 0.5) is 0 Å². The maximum absolute atomic E-state index is 5.31. The minimum absolute atomic E-state index is 0.897. The minimum atomic E-state index is 0.897. The van der Waals surface area contributed by atoms with Crippen molar-refractivity contribution in [1.29, 1.82) is 0 Å². The summed E-state index contributed by atoms with van der Waals surface area (Å²) in [6, 6.07) is 18.5. The van der Waals surface area contributed by atoms with E-state index in [1.165, 1.54) is 11.1 Å². The van der Waals surface area contributed by atoms with Gasteiger partial charge in [-0.05, 0) is 30.0 Å². The Bertz CT molecular complexity index is 434. The summed E-state index contributed by atoms with van der Waals surface area (Å²) in [5.41, 5.74) is 2.46. The number of ether oxygens (including phenoxy) is 1. The van der Waals surface area contributed by atoms with Crippen LogP contribution in [0.5, 0.6) is 5.75 Å². The van der Waals surface area contributed by atoms with Gasteiger partial charge in [0, 0.05) is 0 Å². The molecule has 1 radical (unpaired) electrons. The summed E-state index contributed by atoms with van der Waals surface area (Å²) in [4.78, 5) is 0. The molecule has 0 heterocycles. The average Bonchev–Trinajstić information content (AvgIpc) is 2.38. The Labute approximate surface area is 96.7 Å². The Hall–Kier alpha value is -1.76. The van der Waals surface area contributed by atoms with E-state index in [-0.39, 0.29) is 0 Å². The van der Waals surface area contributed by atoms with Gasteiger partial charge in [-0.1, -0.05) is 48.5 Å². The molecule has 2 aromatic carbocycles. The second-order valence-electron chi connectivity index (χ2n) is 3.63. The van der Waals surface area contributed by atoms with Gasteiger partial charge >= 0.3 is 0 Å². The summed E-state index contributed by atoms with van der Waals surface area (Å²) in [6.45, 7) is 0. The van der Waals surface area contributed by atoms with Crippen LogP contribution in [-0.4, -0.2) is 7.11 Å². The van der Waals surface area contributed by atoms with Crippen LogP contribution in [0.2, 0.25) is 0 Å². The van der Waals surface area contributed by atoms with Crippen molar-refractivity contribution in [1.82, 2.24) is 0 Å². The molecular formula is C15H15O. The molecule has 81 valence electrons. The van der Waals surface area contributed by atoms with Crippen molar-refractivity contribution in [2.24, 2.45) is 0 Å². The molecule has 0 saturated carbocycles. The van der Waals surface area contributed by atoms with E-state index in [4.69, 9.17) is 4.74 Å². The maximum Gasteiger partial charge on any atom is 0.122 e. The van der Waals surface area contributed by atoms with Gasteiger partial charge < -0.3 is 4.74 Å². The van der Waals surface area contributed by atoms with Gasteiger partial charge in [-0.25, -0.2) is 0 Å². The molecule has 0 fully saturated rings. The first-order valence-electron chi connectivity index (χ1n) is 5.40. The molecule has 0 aromatic heterocycles. The summed E-state index contributed by atoms with van der Waals surface area (Å²) < 4.78 is 5.31. The summed E-state index contributed by atoms with van der Waals surface area (Å²) in [7, 11) is 1.71. The summed E-state index contributed by atoms with van der Waals surface area (Å²) in [5.74, 6) is 0.953. The largest absolute Gasteiger partial charge is 0.496 e. The highest BCUT2D eigenvalue weighted by atomic mass is 16.5. The number of rotatable bonds is 4. The quantitative estimate of drug-likeness (QED) is 0.752. The smallest absolute Gasteiger partial charge is 0.122 e. The average molecular weight is 211 g/mol. The first-order chi connectivity index (χ1) is 7.90. The van der Waals surface area contributed by atoms with Gasteiger partial charge in [0.25, 0.3) is 0 Å². The van der Waals surface area contributed by atoms with E-state index in [0.29, 0.717) is 0 Å². The molecule has 0 aliphatic rings. The third-order valence-electron chi connectivity index (χ3n) is 2.55. The second kappa shape index (κ2) is 5.36. The van der Waals surface area contributed by atoms with Gasteiger partial charge in [0.05, 0.1) is 7.11 Å². The normalized spacial score (nSPS) is 10.1. The lowest BCUT2D eigenvalue weighted by Gasteiger charge is -2.07. The Balaban J connectivity index is 2.05. The predicted octanol–water partition coefficient (Wildman–Crippen LogP) is 3.49. The molecule has 2 rings (SSSR count). The van der Waals surface area contributed by atoms with Crippen LogP contribution in [-0.2, 0) is 6.42 Å². The predicted molar refractivity (Wildman–Crippen MR) is 66.5 cm³/mol. The number of methoxy groups -OCH3 is 1. The topological polar surface area (TPSA) is 9.23 Å². The van der Waals surface area contributed by atoms with Crippen LogP contribution in [0.1, 0.15) is 11.1 Å². The maximum atomic E-state index is 5.31. The van der Waals surface area contributed by atoms with Crippen molar-refractivity contribution < 1.29 is 4.74 Å². The molecule has 0 aliphatic carbocycles. The molecule has 0 bridgehead atoms. The van der Waals surface area contributed by atoms with Crippen LogP contribution in [0.3, 0.4) is 0 Å². The molecule has 0 saturated heterocycles. The van der Waals surface area contributed by atoms with E-state index in [1.807, 2.05) is 36.4 Å². The molecule has 1 nitrogen and oxygen atoms in total. The molecule has 0 spiro atoms. The van der Waals surface area contributed by atoms with Crippen LogP contribution < -0.4 is 4.74 Å². The Morgan fingerprint density at radius 2 is 1.62 bits per heavy atom. The fourth-order valence-corrected chi connectivity index (χ4v) is 1.69. The van der Waals surface area contributed by atoms with E-state index in [0.717, 1.165) is 12.2 Å². The van der Waals surface area contributed by atoms with Crippen molar-refractivity contribution in [2.75, 3.05) is 7.11 Å².